The molecule has 1 saturated heterocycles. The van der Waals surface area contributed by atoms with Gasteiger partial charge in [0.25, 0.3) is 0 Å². The van der Waals surface area contributed by atoms with Crippen LogP contribution in [0.3, 0.4) is 0 Å². The molecule has 0 bridgehead atoms. The highest BCUT2D eigenvalue weighted by atomic mass is 32.2. The third kappa shape index (κ3) is 2.87. The fraction of sp³-hybridized carbons (Fsp3) is 0.471. The molecule has 1 aliphatic carbocycles. The van der Waals surface area contributed by atoms with E-state index in [1.54, 1.807) is 0 Å². The third-order valence-corrected chi connectivity index (χ3v) is 7.26. The van der Waals surface area contributed by atoms with Crippen LogP contribution in [0.5, 0.6) is 0 Å². The predicted octanol–water partition coefficient (Wildman–Crippen LogP) is 2.85. The monoisotopic (exact) mass is 331 g/mol. The molecule has 2 heterocycles. The van der Waals surface area contributed by atoms with Crippen LogP contribution in [0.25, 0.3) is 11.3 Å². The minimum Gasteiger partial charge on any atom is -0.379 e. The predicted molar refractivity (Wildman–Crippen MR) is 91.0 cm³/mol. The maximum atomic E-state index is 11.5. The van der Waals surface area contributed by atoms with E-state index >= 15 is 0 Å². The number of H-pyrrole nitrogens is 1. The zero-order valence-corrected chi connectivity index (χ0v) is 13.8. The van der Waals surface area contributed by atoms with Gasteiger partial charge in [0.15, 0.2) is 9.84 Å². The molecule has 23 heavy (non-hydrogen) atoms. The first-order valence-corrected chi connectivity index (χ1v) is 9.93. The molecule has 2 aliphatic rings. The number of hydrogen-bond acceptors (Lipinski definition) is 4. The van der Waals surface area contributed by atoms with Gasteiger partial charge in [-0.05, 0) is 31.1 Å². The van der Waals surface area contributed by atoms with E-state index in [-0.39, 0.29) is 5.41 Å². The molecule has 6 heteroatoms. The second kappa shape index (κ2) is 5.37. The second-order valence-corrected chi connectivity index (χ2v) is 9.04. The first kappa shape index (κ1) is 14.8. The quantitative estimate of drug-likeness (QED) is 0.907. The number of anilines is 1. The lowest BCUT2D eigenvalue weighted by molar-refractivity contribution is 0.216. The van der Waals surface area contributed by atoms with E-state index in [0.717, 1.165) is 42.6 Å². The standard InChI is InChI=1S/C17H21N3O2S/c21-23(22)11-17(12-23)8-6-14(7-9-17)19-15-10-18-20-16(15)13-4-2-1-3-5-13/h1-5,10,14,19H,6-9,11-12H2,(H,18,20). The molecule has 4 rings (SSSR count). The molecule has 2 N–H and O–H groups in total. The third-order valence-electron chi connectivity index (χ3n) is 5.16. The van der Waals surface area contributed by atoms with Crippen molar-refractivity contribution in [3.8, 4) is 11.3 Å². The van der Waals surface area contributed by atoms with Crippen molar-refractivity contribution in [1.29, 1.82) is 0 Å². The summed E-state index contributed by atoms with van der Waals surface area (Å²) in [6.45, 7) is 0. The van der Waals surface area contributed by atoms with Crippen molar-refractivity contribution in [1.82, 2.24) is 10.2 Å². The van der Waals surface area contributed by atoms with Gasteiger partial charge in [0.2, 0.25) is 0 Å². The summed E-state index contributed by atoms with van der Waals surface area (Å²) in [4.78, 5) is 0. The minimum absolute atomic E-state index is 0.0790. The normalized spacial score (nSPS) is 22.6. The van der Waals surface area contributed by atoms with Crippen molar-refractivity contribution < 1.29 is 8.42 Å². The van der Waals surface area contributed by atoms with E-state index < -0.39 is 9.84 Å². The van der Waals surface area contributed by atoms with Gasteiger partial charge in [-0.3, -0.25) is 5.10 Å². The molecule has 5 nitrogen and oxygen atoms in total. The summed E-state index contributed by atoms with van der Waals surface area (Å²) < 4.78 is 22.9. The average Bonchev–Trinajstić information content (AvgIpc) is 2.97. The summed E-state index contributed by atoms with van der Waals surface area (Å²) in [5.41, 5.74) is 3.23. The number of hydrogen-bond donors (Lipinski definition) is 2. The van der Waals surface area contributed by atoms with Crippen molar-refractivity contribution >= 4 is 15.5 Å². The molecule has 1 aliphatic heterocycles. The molecule has 2 aromatic rings. The Morgan fingerprint density at radius 2 is 1.83 bits per heavy atom. The Bertz CT molecular complexity index is 776. The summed E-state index contributed by atoms with van der Waals surface area (Å²) in [5.74, 6) is 0.793. The van der Waals surface area contributed by atoms with Crippen molar-refractivity contribution in [2.75, 3.05) is 16.8 Å². The molecular formula is C17H21N3O2S. The van der Waals surface area contributed by atoms with Crippen LogP contribution in [-0.4, -0.2) is 36.2 Å². The van der Waals surface area contributed by atoms with Crippen LogP contribution in [0.1, 0.15) is 25.7 Å². The Morgan fingerprint density at radius 1 is 1.13 bits per heavy atom. The number of nitrogens with one attached hydrogen (secondary N) is 2. The fourth-order valence-corrected chi connectivity index (χ4v) is 6.35. The van der Waals surface area contributed by atoms with Crippen LogP contribution in [0, 0.1) is 5.41 Å². The fourth-order valence-electron chi connectivity index (χ4n) is 3.99. The summed E-state index contributed by atoms with van der Waals surface area (Å²) >= 11 is 0. The van der Waals surface area contributed by atoms with Gasteiger partial charge in [0, 0.05) is 11.6 Å². The van der Waals surface area contributed by atoms with Crippen molar-refractivity contribution in [2.24, 2.45) is 5.41 Å². The van der Waals surface area contributed by atoms with Crippen molar-refractivity contribution in [3.63, 3.8) is 0 Å². The molecule has 0 amide bonds. The van der Waals surface area contributed by atoms with Crippen LogP contribution >= 0.6 is 0 Å². The van der Waals surface area contributed by atoms with Crippen LogP contribution in [0.4, 0.5) is 5.69 Å². The largest absolute Gasteiger partial charge is 0.379 e. The van der Waals surface area contributed by atoms with E-state index in [9.17, 15) is 8.42 Å². The van der Waals surface area contributed by atoms with Gasteiger partial charge >= 0.3 is 0 Å². The first-order chi connectivity index (χ1) is 11.1. The van der Waals surface area contributed by atoms with E-state index in [0.29, 0.717) is 17.5 Å². The van der Waals surface area contributed by atoms with Gasteiger partial charge in [-0.1, -0.05) is 30.3 Å². The van der Waals surface area contributed by atoms with Crippen LogP contribution in [0.2, 0.25) is 0 Å². The highest BCUT2D eigenvalue weighted by molar-refractivity contribution is 7.92. The van der Waals surface area contributed by atoms with E-state index in [2.05, 4.69) is 27.6 Å². The number of rotatable bonds is 3. The minimum atomic E-state index is -2.74. The number of benzene rings is 1. The molecule has 122 valence electrons. The highest BCUT2D eigenvalue weighted by Gasteiger charge is 2.49. The summed E-state index contributed by atoms with van der Waals surface area (Å²) in [6, 6.07) is 10.5. The van der Waals surface area contributed by atoms with Gasteiger partial charge < -0.3 is 5.32 Å². The highest BCUT2D eigenvalue weighted by Crippen LogP contribution is 2.46. The molecular weight excluding hydrogens is 310 g/mol. The Labute approximate surface area is 136 Å². The smallest absolute Gasteiger partial charge is 0.151 e. The summed E-state index contributed by atoms with van der Waals surface area (Å²) in [5, 5.41) is 10.8. The van der Waals surface area contributed by atoms with E-state index in [1.807, 2.05) is 24.4 Å². The van der Waals surface area contributed by atoms with Gasteiger partial charge in [0.05, 0.1) is 29.1 Å². The Balaban J connectivity index is 1.42. The second-order valence-electron chi connectivity index (χ2n) is 6.98. The zero-order valence-electron chi connectivity index (χ0n) is 13.0. The molecule has 0 unspecified atom stereocenters. The molecule has 0 atom stereocenters. The average molecular weight is 331 g/mol. The Morgan fingerprint density at radius 3 is 2.48 bits per heavy atom. The van der Waals surface area contributed by atoms with Gasteiger partial charge in [-0.25, -0.2) is 8.42 Å². The maximum Gasteiger partial charge on any atom is 0.151 e. The van der Waals surface area contributed by atoms with Gasteiger partial charge in [-0.2, -0.15) is 5.10 Å². The number of aromatic amines is 1. The lowest BCUT2D eigenvalue weighted by atomic mass is 9.74. The lowest BCUT2D eigenvalue weighted by Crippen LogP contribution is -2.51. The molecule has 2 fully saturated rings. The molecule has 1 spiro atoms. The van der Waals surface area contributed by atoms with Gasteiger partial charge in [-0.15, -0.1) is 0 Å². The van der Waals surface area contributed by atoms with Crippen LogP contribution in [-0.2, 0) is 9.84 Å². The SMILES string of the molecule is O=S1(=O)CC2(CCC(Nc3cn[nH]c3-c3ccccc3)CC2)C1. The Kier molecular flexibility index (Phi) is 3.44. The molecule has 1 saturated carbocycles. The van der Waals surface area contributed by atoms with Crippen molar-refractivity contribution in [3.05, 3.63) is 36.5 Å². The summed E-state index contributed by atoms with van der Waals surface area (Å²) in [6.07, 6.45) is 5.88. The van der Waals surface area contributed by atoms with Crippen LogP contribution in [0.15, 0.2) is 36.5 Å². The summed E-state index contributed by atoms with van der Waals surface area (Å²) in [7, 11) is -2.74. The van der Waals surface area contributed by atoms with E-state index in [4.69, 9.17) is 0 Å². The number of aromatic nitrogens is 2. The lowest BCUT2D eigenvalue weighted by Gasteiger charge is -2.46. The van der Waals surface area contributed by atoms with Gasteiger partial charge in [0.1, 0.15) is 0 Å². The van der Waals surface area contributed by atoms with Crippen LogP contribution < -0.4 is 5.32 Å². The van der Waals surface area contributed by atoms with E-state index in [1.165, 1.54) is 0 Å². The Hall–Kier alpha value is -1.82. The maximum absolute atomic E-state index is 11.5. The molecule has 1 aromatic heterocycles. The molecule has 1 aromatic carbocycles. The zero-order chi connectivity index (χ0) is 15.9. The topological polar surface area (TPSA) is 74.8 Å². The van der Waals surface area contributed by atoms with Crippen molar-refractivity contribution in [2.45, 2.75) is 31.7 Å². The molecule has 0 radical (unpaired) electrons. The number of sulfone groups is 1. The number of nitrogens with zero attached hydrogens (tertiary/aromatic N) is 1. The first-order valence-electron chi connectivity index (χ1n) is 8.11.